The fourth-order valence-corrected chi connectivity index (χ4v) is 3.77. The molecule has 1 aromatic heterocycles. The molecule has 1 aromatic carbocycles. The Morgan fingerprint density at radius 1 is 1.40 bits per heavy atom. The van der Waals surface area contributed by atoms with E-state index >= 15 is 0 Å². The molecule has 1 atom stereocenters. The first-order chi connectivity index (χ1) is 9.65. The monoisotopic (exact) mass is 288 g/mol. The molecule has 0 saturated carbocycles. The summed E-state index contributed by atoms with van der Waals surface area (Å²) >= 11 is 1.73. The molecule has 1 aliphatic carbocycles. The second-order valence-electron chi connectivity index (χ2n) is 5.50. The molecule has 1 heterocycles. The van der Waals surface area contributed by atoms with Gasteiger partial charge in [0.05, 0.1) is 11.8 Å². The number of aliphatic hydroxyl groups excluding tert-OH is 1. The summed E-state index contributed by atoms with van der Waals surface area (Å²) in [6, 6.07) is 8.44. The van der Waals surface area contributed by atoms with Gasteiger partial charge in [0.2, 0.25) is 0 Å². The molecule has 1 unspecified atom stereocenters. The van der Waals surface area contributed by atoms with Gasteiger partial charge in [0.15, 0.2) is 5.13 Å². The van der Waals surface area contributed by atoms with E-state index in [1.54, 1.807) is 11.3 Å². The van der Waals surface area contributed by atoms with Gasteiger partial charge in [-0.15, -0.1) is 11.3 Å². The van der Waals surface area contributed by atoms with Crippen LogP contribution in [0.3, 0.4) is 0 Å². The van der Waals surface area contributed by atoms with Crippen molar-refractivity contribution in [2.45, 2.75) is 38.8 Å². The predicted molar refractivity (Wildman–Crippen MR) is 83.3 cm³/mol. The summed E-state index contributed by atoms with van der Waals surface area (Å²) in [7, 11) is 2.07. The van der Waals surface area contributed by atoms with Gasteiger partial charge in [-0.2, -0.15) is 0 Å². The smallest absolute Gasteiger partial charge is 0.185 e. The van der Waals surface area contributed by atoms with Crippen molar-refractivity contribution in [2.24, 2.45) is 0 Å². The van der Waals surface area contributed by atoms with Crippen LogP contribution in [0.1, 0.15) is 40.6 Å². The molecule has 20 heavy (non-hydrogen) atoms. The molecule has 0 fully saturated rings. The molecule has 1 aliphatic rings. The molecule has 2 aromatic rings. The highest BCUT2D eigenvalue weighted by molar-refractivity contribution is 7.15. The van der Waals surface area contributed by atoms with Crippen LogP contribution in [0, 0.1) is 6.92 Å². The number of thiazole rings is 1. The Hall–Kier alpha value is -1.39. The third-order valence-electron chi connectivity index (χ3n) is 3.91. The zero-order chi connectivity index (χ0) is 14.1. The van der Waals surface area contributed by atoms with Crippen molar-refractivity contribution in [1.82, 2.24) is 4.98 Å². The Balaban J connectivity index is 1.81. The minimum Gasteiger partial charge on any atom is -0.387 e. The lowest BCUT2D eigenvalue weighted by molar-refractivity contribution is 0.153. The number of aliphatic hydroxyl groups is 1. The van der Waals surface area contributed by atoms with Crippen molar-refractivity contribution in [2.75, 3.05) is 11.9 Å². The number of nitrogens with zero attached hydrogens (tertiary/aromatic N) is 2. The summed E-state index contributed by atoms with van der Waals surface area (Å²) in [5.41, 5.74) is 3.54. The van der Waals surface area contributed by atoms with Gasteiger partial charge in [-0.1, -0.05) is 24.3 Å². The van der Waals surface area contributed by atoms with Crippen molar-refractivity contribution in [1.29, 1.82) is 0 Å². The van der Waals surface area contributed by atoms with E-state index in [4.69, 9.17) is 0 Å². The van der Waals surface area contributed by atoms with Gasteiger partial charge < -0.3 is 10.0 Å². The maximum Gasteiger partial charge on any atom is 0.185 e. The van der Waals surface area contributed by atoms with E-state index in [2.05, 4.69) is 48.1 Å². The fourth-order valence-electron chi connectivity index (χ4n) is 2.66. The fraction of sp³-hybridized carbons (Fsp3) is 0.438. The van der Waals surface area contributed by atoms with Crippen molar-refractivity contribution < 1.29 is 5.11 Å². The molecular formula is C16H20N2OS. The molecule has 0 bridgehead atoms. The van der Waals surface area contributed by atoms with E-state index in [1.165, 1.54) is 16.0 Å². The lowest BCUT2D eigenvalue weighted by Crippen LogP contribution is -2.17. The van der Waals surface area contributed by atoms with Crippen molar-refractivity contribution >= 4 is 16.5 Å². The highest BCUT2D eigenvalue weighted by Crippen LogP contribution is 2.36. The number of rotatable bonds is 3. The number of anilines is 1. The third-order valence-corrected chi connectivity index (χ3v) is 5.15. The molecule has 0 saturated heterocycles. The number of fused-ring (bicyclic) bond motifs is 1. The zero-order valence-electron chi connectivity index (χ0n) is 12.0. The number of aromatic nitrogens is 1. The van der Waals surface area contributed by atoms with E-state index in [0.29, 0.717) is 0 Å². The van der Waals surface area contributed by atoms with Crippen LogP contribution in [0.5, 0.6) is 0 Å². The summed E-state index contributed by atoms with van der Waals surface area (Å²) in [6.07, 6.45) is 2.60. The van der Waals surface area contributed by atoms with Crippen LogP contribution in [-0.4, -0.2) is 17.1 Å². The Bertz CT molecular complexity index is 608. The van der Waals surface area contributed by atoms with Crippen LogP contribution >= 0.6 is 11.3 Å². The average molecular weight is 288 g/mol. The summed E-state index contributed by atoms with van der Waals surface area (Å²) in [5.74, 6) is 0. The second kappa shape index (κ2) is 5.54. The van der Waals surface area contributed by atoms with E-state index in [-0.39, 0.29) is 6.10 Å². The lowest BCUT2D eigenvalue weighted by Gasteiger charge is -2.17. The molecule has 0 radical (unpaired) electrons. The maximum atomic E-state index is 10.0. The van der Waals surface area contributed by atoms with Gasteiger partial charge >= 0.3 is 0 Å². The quantitative estimate of drug-likeness (QED) is 0.939. The van der Waals surface area contributed by atoms with Gasteiger partial charge in [0.1, 0.15) is 0 Å². The van der Waals surface area contributed by atoms with Gasteiger partial charge in [-0.05, 0) is 37.3 Å². The van der Waals surface area contributed by atoms with Gasteiger partial charge in [0.25, 0.3) is 0 Å². The zero-order valence-corrected chi connectivity index (χ0v) is 12.8. The number of aryl methyl sites for hydroxylation is 2. The van der Waals surface area contributed by atoms with Gasteiger partial charge in [0, 0.05) is 18.5 Å². The molecule has 0 aliphatic heterocycles. The Morgan fingerprint density at radius 2 is 2.20 bits per heavy atom. The minimum absolute atomic E-state index is 0.365. The van der Waals surface area contributed by atoms with E-state index < -0.39 is 0 Å². The summed E-state index contributed by atoms with van der Waals surface area (Å²) < 4.78 is 0. The van der Waals surface area contributed by atoms with Gasteiger partial charge in [-0.25, -0.2) is 4.98 Å². The Kier molecular flexibility index (Phi) is 3.76. The largest absolute Gasteiger partial charge is 0.387 e. The van der Waals surface area contributed by atoms with Gasteiger partial charge in [-0.3, -0.25) is 0 Å². The normalized spacial score (nSPS) is 17.9. The SMILES string of the molecule is Cc1ccccc1CN(C)c1nc2c(s1)CCCC2O. The predicted octanol–water partition coefficient (Wildman–Crippen LogP) is 3.46. The van der Waals surface area contributed by atoms with Crippen LogP contribution in [0.4, 0.5) is 5.13 Å². The molecule has 3 nitrogen and oxygen atoms in total. The summed E-state index contributed by atoms with van der Waals surface area (Å²) in [4.78, 5) is 8.09. The first-order valence-electron chi connectivity index (χ1n) is 7.08. The standard InChI is InChI=1S/C16H20N2OS/c1-11-6-3-4-7-12(11)10-18(2)16-17-15-13(19)8-5-9-14(15)20-16/h3-4,6-7,13,19H,5,8-10H2,1-2H3. The molecule has 3 rings (SSSR count). The minimum atomic E-state index is -0.365. The first kappa shape index (κ1) is 13.6. The molecule has 0 amide bonds. The van der Waals surface area contributed by atoms with Crippen LogP contribution < -0.4 is 4.90 Å². The van der Waals surface area contributed by atoms with E-state index in [0.717, 1.165) is 36.6 Å². The molecular weight excluding hydrogens is 268 g/mol. The summed E-state index contributed by atoms with van der Waals surface area (Å²) in [6.45, 7) is 3.00. The molecule has 106 valence electrons. The highest BCUT2D eigenvalue weighted by atomic mass is 32.1. The number of hydrogen-bond acceptors (Lipinski definition) is 4. The van der Waals surface area contributed by atoms with E-state index in [1.807, 2.05) is 0 Å². The van der Waals surface area contributed by atoms with Crippen molar-refractivity contribution in [3.05, 3.63) is 46.0 Å². The third kappa shape index (κ3) is 2.58. The van der Waals surface area contributed by atoms with Crippen molar-refractivity contribution in [3.8, 4) is 0 Å². The molecule has 4 heteroatoms. The number of hydrogen-bond donors (Lipinski definition) is 1. The lowest BCUT2D eigenvalue weighted by atomic mass is 10.0. The van der Waals surface area contributed by atoms with Crippen LogP contribution in [0.25, 0.3) is 0 Å². The molecule has 1 N–H and O–H groups in total. The molecule has 0 spiro atoms. The van der Waals surface area contributed by atoms with Crippen LogP contribution in [0.15, 0.2) is 24.3 Å². The number of benzene rings is 1. The highest BCUT2D eigenvalue weighted by Gasteiger charge is 2.23. The van der Waals surface area contributed by atoms with Crippen LogP contribution in [-0.2, 0) is 13.0 Å². The average Bonchev–Trinajstić information content (AvgIpc) is 2.87. The Labute approximate surface area is 123 Å². The Morgan fingerprint density at radius 3 is 2.95 bits per heavy atom. The van der Waals surface area contributed by atoms with Crippen LogP contribution in [0.2, 0.25) is 0 Å². The maximum absolute atomic E-state index is 10.0. The second-order valence-corrected chi connectivity index (χ2v) is 6.56. The van der Waals surface area contributed by atoms with Crippen molar-refractivity contribution in [3.63, 3.8) is 0 Å². The first-order valence-corrected chi connectivity index (χ1v) is 7.90. The summed E-state index contributed by atoms with van der Waals surface area (Å²) in [5, 5.41) is 11.0. The topological polar surface area (TPSA) is 36.4 Å². The van der Waals surface area contributed by atoms with E-state index in [9.17, 15) is 5.11 Å².